The fraction of sp³-hybridized carbons (Fsp3) is 0.810. The number of carbonyl (C=O) groups is 1. The number of rotatable bonds is 4. The molecular weight excluding hydrogens is 340 g/mol. The van der Waals surface area contributed by atoms with Gasteiger partial charge < -0.3 is 15.3 Å². The van der Waals surface area contributed by atoms with Crippen LogP contribution in [0.4, 0.5) is 0 Å². The molecule has 3 aliphatic rings. The number of aliphatic hydroxyl groups is 1. The molecule has 1 amide bonds. The maximum Gasteiger partial charge on any atom is 0.274 e. The third-order valence-electron chi connectivity index (χ3n) is 6.80. The second-order valence-corrected chi connectivity index (χ2v) is 8.86. The minimum Gasteiger partial charge on any atom is -0.389 e. The lowest BCUT2D eigenvalue weighted by molar-refractivity contribution is 0.00227. The van der Waals surface area contributed by atoms with Crippen molar-refractivity contribution in [3.63, 3.8) is 0 Å². The van der Waals surface area contributed by atoms with E-state index >= 15 is 0 Å². The van der Waals surface area contributed by atoms with Crippen LogP contribution in [0.1, 0.15) is 79.5 Å². The van der Waals surface area contributed by atoms with Crippen molar-refractivity contribution in [2.75, 3.05) is 19.6 Å². The molecule has 150 valence electrons. The van der Waals surface area contributed by atoms with Gasteiger partial charge in [-0.25, -0.2) is 0 Å². The second-order valence-electron chi connectivity index (χ2n) is 8.86. The first kappa shape index (κ1) is 18.9. The number of aromatic nitrogens is 2. The summed E-state index contributed by atoms with van der Waals surface area (Å²) in [6, 6.07) is 0.320. The van der Waals surface area contributed by atoms with E-state index in [4.69, 9.17) is 0 Å². The largest absolute Gasteiger partial charge is 0.389 e. The molecule has 1 unspecified atom stereocenters. The maximum absolute atomic E-state index is 13.0. The number of nitrogens with zero attached hydrogens (tertiary/aromatic N) is 3. The Labute approximate surface area is 162 Å². The fourth-order valence-electron chi connectivity index (χ4n) is 5.10. The van der Waals surface area contributed by atoms with Gasteiger partial charge in [0.15, 0.2) is 5.69 Å². The van der Waals surface area contributed by atoms with Crippen molar-refractivity contribution >= 4 is 5.91 Å². The van der Waals surface area contributed by atoms with E-state index in [1.54, 1.807) is 0 Å². The van der Waals surface area contributed by atoms with Gasteiger partial charge in [-0.05, 0) is 51.4 Å². The third-order valence-corrected chi connectivity index (χ3v) is 6.80. The van der Waals surface area contributed by atoms with Crippen LogP contribution in [0.2, 0.25) is 0 Å². The molecule has 0 bridgehead atoms. The average Bonchev–Trinajstić information content (AvgIpc) is 3.03. The van der Waals surface area contributed by atoms with Crippen LogP contribution in [0, 0.1) is 0 Å². The van der Waals surface area contributed by atoms with Crippen molar-refractivity contribution in [2.45, 2.75) is 82.3 Å². The van der Waals surface area contributed by atoms with Gasteiger partial charge in [0.05, 0.1) is 5.60 Å². The molecule has 2 fully saturated rings. The summed E-state index contributed by atoms with van der Waals surface area (Å²) in [7, 11) is 1.96. The number of fused-ring (bicyclic) bond motifs is 1. The standard InChI is InChI=1S/C21H34N4O2/c1-24-18-9-8-16(22-15-21(27)10-4-2-5-11-21)14-17(18)19(23-24)20(26)25-12-6-3-7-13-25/h16,22,27H,2-15H2,1H3. The van der Waals surface area contributed by atoms with Crippen LogP contribution in [0.3, 0.4) is 0 Å². The van der Waals surface area contributed by atoms with E-state index in [2.05, 4.69) is 10.4 Å². The number of piperidine rings is 1. The van der Waals surface area contributed by atoms with E-state index in [1.807, 2.05) is 16.6 Å². The van der Waals surface area contributed by atoms with Crippen molar-refractivity contribution in [1.82, 2.24) is 20.0 Å². The summed E-state index contributed by atoms with van der Waals surface area (Å²) in [4.78, 5) is 15.0. The van der Waals surface area contributed by atoms with Gasteiger partial charge in [-0.15, -0.1) is 0 Å². The van der Waals surface area contributed by atoms with Crippen molar-refractivity contribution in [1.29, 1.82) is 0 Å². The summed E-state index contributed by atoms with van der Waals surface area (Å²) in [6.45, 7) is 2.39. The van der Waals surface area contributed by atoms with Crippen LogP contribution in [0.25, 0.3) is 0 Å². The molecule has 6 nitrogen and oxygen atoms in total. The van der Waals surface area contributed by atoms with Crippen molar-refractivity contribution in [3.8, 4) is 0 Å². The summed E-state index contributed by atoms with van der Waals surface area (Å²) in [5, 5.41) is 19.0. The number of carbonyl (C=O) groups excluding carboxylic acids is 1. The number of amides is 1. The van der Waals surface area contributed by atoms with Gasteiger partial charge in [0.2, 0.25) is 0 Å². The Hall–Kier alpha value is -1.40. The Morgan fingerprint density at radius 3 is 2.63 bits per heavy atom. The molecule has 4 rings (SSSR count). The highest BCUT2D eigenvalue weighted by Crippen LogP contribution is 2.29. The topological polar surface area (TPSA) is 70.4 Å². The zero-order valence-electron chi connectivity index (χ0n) is 16.7. The van der Waals surface area contributed by atoms with E-state index in [0.29, 0.717) is 18.3 Å². The van der Waals surface area contributed by atoms with E-state index in [1.165, 1.54) is 18.5 Å². The first-order chi connectivity index (χ1) is 13.1. The molecule has 1 saturated carbocycles. The first-order valence-corrected chi connectivity index (χ1v) is 10.9. The molecule has 2 aliphatic carbocycles. The molecule has 2 N–H and O–H groups in total. The SMILES string of the molecule is Cn1nc(C(=O)N2CCCCC2)c2c1CCC(NCC1(O)CCCCC1)C2. The summed E-state index contributed by atoms with van der Waals surface area (Å²) < 4.78 is 1.91. The van der Waals surface area contributed by atoms with Crippen LogP contribution in [-0.4, -0.2) is 57.0 Å². The van der Waals surface area contributed by atoms with Crippen molar-refractivity contribution < 1.29 is 9.90 Å². The van der Waals surface area contributed by atoms with Crippen LogP contribution in [0.15, 0.2) is 0 Å². The molecule has 1 saturated heterocycles. The molecule has 1 aliphatic heterocycles. The highest BCUT2D eigenvalue weighted by atomic mass is 16.3. The lowest BCUT2D eigenvalue weighted by atomic mass is 9.84. The van der Waals surface area contributed by atoms with Crippen molar-refractivity contribution in [3.05, 3.63) is 17.0 Å². The Morgan fingerprint density at radius 1 is 1.19 bits per heavy atom. The summed E-state index contributed by atoms with van der Waals surface area (Å²) in [5.41, 5.74) is 2.47. The highest BCUT2D eigenvalue weighted by Gasteiger charge is 2.33. The molecule has 0 radical (unpaired) electrons. The summed E-state index contributed by atoms with van der Waals surface area (Å²) in [6.07, 6.45) is 11.6. The zero-order valence-corrected chi connectivity index (χ0v) is 16.7. The van der Waals surface area contributed by atoms with E-state index in [9.17, 15) is 9.90 Å². The number of hydrogen-bond acceptors (Lipinski definition) is 4. The van der Waals surface area contributed by atoms with Crippen LogP contribution >= 0.6 is 0 Å². The third kappa shape index (κ3) is 4.06. The monoisotopic (exact) mass is 374 g/mol. The Bertz CT molecular complexity index is 672. The van der Waals surface area contributed by atoms with Crippen molar-refractivity contribution in [2.24, 2.45) is 7.05 Å². The van der Waals surface area contributed by atoms with Crippen LogP contribution in [-0.2, 0) is 19.9 Å². The molecule has 2 heterocycles. The van der Waals surface area contributed by atoms with E-state index in [-0.39, 0.29) is 5.91 Å². The maximum atomic E-state index is 13.0. The predicted molar refractivity (Wildman–Crippen MR) is 105 cm³/mol. The lowest BCUT2D eigenvalue weighted by Crippen LogP contribution is -2.47. The smallest absolute Gasteiger partial charge is 0.274 e. The van der Waals surface area contributed by atoms with E-state index in [0.717, 1.165) is 76.4 Å². The average molecular weight is 375 g/mol. The van der Waals surface area contributed by atoms with Crippen LogP contribution in [0.5, 0.6) is 0 Å². The summed E-state index contributed by atoms with van der Waals surface area (Å²) in [5.74, 6) is 0.109. The highest BCUT2D eigenvalue weighted by molar-refractivity contribution is 5.94. The molecule has 1 aromatic rings. The predicted octanol–water partition coefficient (Wildman–Crippen LogP) is 2.19. The molecule has 1 aromatic heterocycles. The number of aryl methyl sites for hydroxylation is 1. The number of hydrogen-bond donors (Lipinski definition) is 2. The fourth-order valence-corrected chi connectivity index (χ4v) is 5.10. The molecule has 27 heavy (non-hydrogen) atoms. The van der Waals surface area contributed by atoms with Gasteiger partial charge in [-0.2, -0.15) is 5.10 Å². The van der Waals surface area contributed by atoms with Gasteiger partial charge in [0, 0.05) is 44.0 Å². The zero-order chi connectivity index (χ0) is 18.9. The number of nitrogens with one attached hydrogen (secondary N) is 1. The molecule has 0 spiro atoms. The molecule has 0 aromatic carbocycles. The minimum atomic E-state index is -0.542. The van der Waals surface area contributed by atoms with Gasteiger partial charge >= 0.3 is 0 Å². The quantitative estimate of drug-likeness (QED) is 0.848. The van der Waals surface area contributed by atoms with Gasteiger partial charge in [0.25, 0.3) is 5.91 Å². The van der Waals surface area contributed by atoms with Gasteiger partial charge in [-0.1, -0.05) is 19.3 Å². The Morgan fingerprint density at radius 2 is 1.89 bits per heavy atom. The molecule has 6 heteroatoms. The Balaban J connectivity index is 1.44. The van der Waals surface area contributed by atoms with Crippen LogP contribution < -0.4 is 5.32 Å². The normalized spacial score (nSPS) is 25.3. The summed E-state index contributed by atoms with van der Waals surface area (Å²) >= 11 is 0. The van der Waals surface area contributed by atoms with E-state index < -0.39 is 5.60 Å². The lowest BCUT2D eigenvalue weighted by Gasteiger charge is -2.35. The Kier molecular flexibility index (Phi) is 5.55. The van der Waals surface area contributed by atoms with Gasteiger partial charge in [-0.3, -0.25) is 9.48 Å². The molecule has 1 atom stereocenters. The number of likely N-dealkylation sites (tertiary alicyclic amines) is 1. The van der Waals surface area contributed by atoms with Gasteiger partial charge in [0.1, 0.15) is 0 Å². The second kappa shape index (κ2) is 7.92. The minimum absolute atomic E-state index is 0.109. The molecular formula is C21H34N4O2. The first-order valence-electron chi connectivity index (χ1n) is 10.9.